The van der Waals surface area contributed by atoms with Crippen molar-refractivity contribution >= 4 is 54.1 Å². The van der Waals surface area contributed by atoms with Gasteiger partial charge in [0.05, 0.1) is 29.0 Å². The van der Waals surface area contributed by atoms with Crippen LogP contribution in [0.25, 0.3) is 11.0 Å². The van der Waals surface area contributed by atoms with Gasteiger partial charge in [-0.05, 0) is 25.0 Å². The Morgan fingerprint density at radius 1 is 1.15 bits per heavy atom. The minimum absolute atomic E-state index is 0.0319. The molecule has 0 radical (unpaired) electrons. The van der Waals surface area contributed by atoms with Gasteiger partial charge < -0.3 is 9.15 Å². The third-order valence-corrected chi connectivity index (χ3v) is 9.26. The van der Waals surface area contributed by atoms with E-state index in [1.807, 2.05) is 0 Å². The number of methoxy groups -OCH3 is 1. The van der Waals surface area contributed by atoms with E-state index in [4.69, 9.17) is 20.8 Å². The van der Waals surface area contributed by atoms with Crippen LogP contribution in [0.4, 0.5) is 5.69 Å². The number of sulfonamides is 1. The van der Waals surface area contributed by atoms with Crippen LogP contribution in [-0.4, -0.2) is 40.1 Å². The van der Waals surface area contributed by atoms with Gasteiger partial charge in [-0.3, -0.25) is 9.52 Å². The Hall–Kier alpha value is -2.63. The molecule has 33 heavy (non-hydrogen) atoms. The number of aromatic nitrogens is 1. The molecule has 1 aromatic carbocycles. The molecular formula is C21H21ClN2O7S2. The van der Waals surface area contributed by atoms with Crippen LogP contribution < -0.4 is 4.72 Å². The molecule has 0 saturated heterocycles. The van der Waals surface area contributed by atoms with Crippen molar-refractivity contribution in [2.75, 3.05) is 11.8 Å². The Labute approximate surface area is 196 Å². The fraction of sp³-hybridized carbons (Fsp3) is 0.333. The number of hydrogen-bond donors (Lipinski definition) is 1. The van der Waals surface area contributed by atoms with E-state index in [0.717, 1.165) is 12.3 Å². The number of sulfone groups is 1. The number of furan rings is 1. The van der Waals surface area contributed by atoms with Crippen molar-refractivity contribution < 1.29 is 30.8 Å². The highest BCUT2D eigenvalue weighted by Crippen LogP contribution is 2.37. The van der Waals surface area contributed by atoms with Gasteiger partial charge in [-0.2, -0.15) is 8.42 Å². The topological polar surface area (TPSA) is 133 Å². The van der Waals surface area contributed by atoms with Crippen molar-refractivity contribution in [1.82, 2.24) is 4.98 Å². The van der Waals surface area contributed by atoms with E-state index in [-0.39, 0.29) is 17.1 Å². The standard InChI is InChI=1S/C21H21ClN2O7S2/c1-30-21(25)15-7-3-5-9-18(15)32(26,27)20-16(11-14(22)12-23-20)24-33(28,29)19-10-13-6-2-4-8-17(13)31-19/h2,4,6,8,10-12,15,18,24H,3,5,7,9H2,1H3/t15-,18?/m0/s1. The monoisotopic (exact) mass is 512 g/mol. The van der Waals surface area contributed by atoms with Gasteiger partial charge in [0.1, 0.15) is 5.58 Å². The summed E-state index contributed by atoms with van der Waals surface area (Å²) in [5, 5.41) is -1.39. The molecule has 1 unspecified atom stereocenters. The lowest BCUT2D eigenvalue weighted by Gasteiger charge is -2.29. The fourth-order valence-corrected chi connectivity index (χ4v) is 7.35. The number of benzene rings is 1. The fourth-order valence-electron chi connectivity index (χ4n) is 4.04. The number of para-hydroxylation sites is 1. The number of pyridine rings is 1. The first-order valence-corrected chi connectivity index (χ1v) is 13.5. The summed E-state index contributed by atoms with van der Waals surface area (Å²) in [7, 11) is -7.33. The van der Waals surface area contributed by atoms with E-state index >= 15 is 0 Å². The van der Waals surface area contributed by atoms with E-state index in [1.54, 1.807) is 24.3 Å². The van der Waals surface area contributed by atoms with Crippen molar-refractivity contribution in [2.24, 2.45) is 5.92 Å². The highest BCUT2D eigenvalue weighted by Gasteiger charge is 2.43. The lowest BCUT2D eigenvalue weighted by molar-refractivity contribution is -0.146. The van der Waals surface area contributed by atoms with Crippen molar-refractivity contribution in [1.29, 1.82) is 0 Å². The van der Waals surface area contributed by atoms with Gasteiger partial charge in [-0.1, -0.05) is 42.6 Å². The summed E-state index contributed by atoms with van der Waals surface area (Å²) >= 11 is 6.00. The molecule has 12 heteroatoms. The van der Waals surface area contributed by atoms with Crippen LogP contribution in [-0.2, 0) is 29.4 Å². The van der Waals surface area contributed by atoms with Crippen LogP contribution in [0.15, 0.2) is 57.1 Å². The van der Waals surface area contributed by atoms with Gasteiger partial charge in [-0.15, -0.1) is 0 Å². The molecule has 0 spiro atoms. The summed E-state index contributed by atoms with van der Waals surface area (Å²) in [5.74, 6) is -1.49. The van der Waals surface area contributed by atoms with Crippen LogP contribution in [0.5, 0.6) is 0 Å². The molecule has 2 atom stereocenters. The first-order valence-electron chi connectivity index (χ1n) is 10.1. The van der Waals surface area contributed by atoms with Crippen LogP contribution in [0.1, 0.15) is 25.7 Å². The summed E-state index contributed by atoms with van der Waals surface area (Å²) in [6.45, 7) is 0. The molecule has 0 aliphatic heterocycles. The number of carbonyl (C=O) groups excluding carboxylic acids is 1. The molecule has 176 valence electrons. The molecule has 0 bridgehead atoms. The van der Waals surface area contributed by atoms with E-state index < -0.39 is 47.1 Å². The Morgan fingerprint density at radius 2 is 1.88 bits per heavy atom. The first kappa shape index (κ1) is 23.5. The SMILES string of the molecule is COC(=O)[C@H]1CCCCC1S(=O)(=O)c1ncc(Cl)cc1NS(=O)(=O)c1cc2ccccc2o1. The molecule has 4 rings (SSSR count). The molecule has 0 amide bonds. The number of hydrogen-bond acceptors (Lipinski definition) is 8. The van der Waals surface area contributed by atoms with Crippen LogP contribution >= 0.6 is 11.6 Å². The first-order chi connectivity index (χ1) is 15.6. The number of fused-ring (bicyclic) bond motifs is 1. The predicted octanol–water partition coefficient (Wildman–Crippen LogP) is 3.79. The largest absolute Gasteiger partial charge is 0.469 e. The number of rotatable bonds is 6. The lowest BCUT2D eigenvalue weighted by Crippen LogP contribution is -2.38. The molecule has 1 aliphatic carbocycles. The number of nitrogens with zero attached hydrogens (tertiary/aromatic N) is 1. The number of ether oxygens (including phenoxy) is 1. The Morgan fingerprint density at radius 3 is 2.61 bits per heavy atom. The second kappa shape index (κ2) is 8.96. The molecule has 9 nitrogen and oxygen atoms in total. The summed E-state index contributed by atoms with van der Waals surface area (Å²) in [6, 6.07) is 9.22. The Kier molecular flexibility index (Phi) is 6.39. The zero-order valence-electron chi connectivity index (χ0n) is 17.5. The van der Waals surface area contributed by atoms with E-state index in [2.05, 4.69) is 9.71 Å². The average molecular weight is 513 g/mol. The van der Waals surface area contributed by atoms with E-state index in [9.17, 15) is 21.6 Å². The van der Waals surface area contributed by atoms with Gasteiger partial charge in [0, 0.05) is 17.6 Å². The maximum absolute atomic E-state index is 13.5. The third-order valence-electron chi connectivity index (χ3n) is 5.60. The number of esters is 1. The number of anilines is 1. The van der Waals surface area contributed by atoms with Gasteiger partial charge in [-0.25, -0.2) is 13.4 Å². The molecular weight excluding hydrogens is 492 g/mol. The average Bonchev–Trinajstić information content (AvgIpc) is 3.24. The zero-order valence-corrected chi connectivity index (χ0v) is 19.9. The second-order valence-corrected chi connectivity index (χ2v) is 11.8. The summed E-state index contributed by atoms with van der Waals surface area (Å²) in [4.78, 5) is 16.2. The van der Waals surface area contributed by atoms with Gasteiger partial charge >= 0.3 is 5.97 Å². The van der Waals surface area contributed by atoms with Crippen molar-refractivity contribution in [2.45, 2.75) is 41.1 Å². The molecule has 2 aromatic heterocycles. The van der Waals surface area contributed by atoms with Crippen LogP contribution in [0.3, 0.4) is 0 Å². The molecule has 1 fully saturated rings. The predicted molar refractivity (Wildman–Crippen MR) is 121 cm³/mol. The number of halogens is 1. The van der Waals surface area contributed by atoms with E-state index in [1.165, 1.54) is 13.2 Å². The molecule has 1 saturated carbocycles. The van der Waals surface area contributed by atoms with E-state index in [0.29, 0.717) is 30.2 Å². The van der Waals surface area contributed by atoms with Crippen molar-refractivity contribution in [3.8, 4) is 0 Å². The second-order valence-electron chi connectivity index (χ2n) is 7.71. The van der Waals surface area contributed by atoms with Crippen LogP contribution in [0, 0.1) is 5.92 Å². The molecule has 1 N–H and O–H groups in total. The molecule has 2 heterocycles. The lowest BCUT2D eigenvalue weighted by atomic mass is 9.89. The molecule has 1 aliphatic rings. The molecule has 3 aromatic rings. The van der Waals surface area contributed by atoms with Crippen molar-refractivity contribution in [3.05, 3.63) is 47.6 Å². The quantitative estimate of drug-likeness (QED) is 0.493. The maximum atomic E-state index is 13.5. The normalized spacial score (nSPS) is 19.3. The zero-order chi connectivity index (χ0) is 23.8. The maximum Gasteiger partial charge on any atom is 0.309 e. The number of carbonyl (C=O) groups is 1. The minimum atomic E-state index is -4.31. The van der Waals surface area contributed by atoms with Crippen molar-refractivity contribution in [3.63, 3.8) is 0 Å². The van der Waals surface area contributed by atoms with Gasteiger partial charge in [0.15, 0.2) is 5.03 Å². The van der Waals surface area contributed by atoms with Crippen LogP contribution in [0.2, 0.25) is 5.02 Å². The highest BCUT2D eigenvalue weighted by molar-refractivity contribution is 7.93. The summed E-state index contributed by atoms with van der Waals surface area (Å²) in [6.07, 6.45) is 2.98. The van der Waals surface area contributed by atoms with Gasteiger partial charge in [0.2, 0.25) is 14.9 Å². The third kappa shape index (κ3) is 4.57. The van der Waals surface area contributed by atoms with Gasteiger partial charge in [0.25, 0.3) is 10.0 Å². The smallest absolute Gasteiger partial charge is 0.309 e. The highest BCUT2D eigenvalue weighted by atomic mass is 35.5. The Bertz CT molecular complexity index is 1380. The summed E-state index contributed by atoms with van der Waals surface area (Å²) < 4.78 is 65.6. The minimum Gasteiger partial charge on any atom is -0.469 e. The Balaban J connectivity index is 1.75. The number of nitrogens with one attached hydrogen (secondary N) is 1. The summed E-state index contributed by atoms with van der Waals surface area (Å²) in [5.41, 5.74) is 0.0372.